The second-order valence-corrected chi connectivity index (χ2v) is 5.60. The Hall–Kier alpha value is -0.870. The van der Waals surface area contributed by atoms with Crippen LogP contribution in [0.15, 0.2) is 0 Å². The highest BCUT2D eigenvalue weighted by Crippen LogP contribution is 2.19. The first-order chi connectivity index (χ1) is 8.93. The summed E-state index contributed by atoms with van der Waals surface area (Å²) < 4.78 is 1.91. The first-order valence-electron chi connectivity index (χ1n) is 7.35. The van der Waals surface area contributed by atoms with Crippen molar-refractivity contribution in [2.24, 2.45) is 7.05 Å². The van der Waals surface area contributed by atoms with Crippen molar-refractivity contribution in [3.8, 4) is 0 Å². The van der Waals surface area contributed by atoms with E-state index in [0.717, 1.165) is 37.9 Å². The Morgan fingerprint density at radius 1 is 1.21 bits per heavy atom. The predicted octanol–water partition coefficient (Wildman–Crippen LogP) is 2.46. The van der Waals surface area contributed by atoms with E-state index in [4.69, 9.17) is 0 Å². The summed E-state index contributed by atoms with van der Waals surface area (Å²) in [6.45, 7) is 9.80. The van der Waals surface area contributed by atoms with Crippen LogP contribution >= 0.6 is 0 Å². The SMILES string of the molecule is CCCC(O)(CCC)CNCc1c(C)nn(C)c1C. The molecule has 0 saturated heterocycles. The smallest absolute Gasteiger partial charge is 0.0771 e. The van der Waals surface area contributed by atoms with E-state index in [-0.39, 0.29) is 0 Å². The van der Waals surface area contributed by atoms with Gasteiger partial charge < -0.3 is 10.4 Å². The van der Waals surface area contributed by atoms with Crippen LogP contribution in [-0.4, -0.2) is 27.0 Å². The van der Waals surface area contributed by atoms with Gasteiger partial charge in [0.15, 0.2) is 0 Å². The van der Waals surface area contributed by atoms with E-state index in [9.17, 15) is 5.11 Å². The van der Waals surface area contributed by atoms with E-state index >= 15 is 0 Å². The molecule has 1 aromatic heterocycles. The molecule has 110 valence electrons. The zero-order chi connectivity index (χ0) is 14.5. The van der Waals surface area contributed by atoms with Crippen molar-refractivity contribution in [3.63, 3.8) is 0 Å². The molecule has 4 nitrogen and oxygen atoms in total. The second kappa shape index (κ2) is 7.06. The molecule has 0 spiro atoms. The summed E-state index contributed by atoms with van der Waals surface area (Å²) in [6.07, 6.45) is 3.75. The van der Waals surface area contributed by atoms with Gasteiger partial charge in [0, 0.05) is 31.4 Å². The fourth-order valence-corrected chi connectivity index (χ4v) is 2.73. The number of aromatic nitrogens is 2. The Morgan fingerprint density at radius 2 is 1.79 bits per heavy atom. The number of rotatable bonds is 8. The molecule has 19 heavy (non-hydrogen) atoms. The summed E-state index contributed by atoms with van der Waals surface area (Å²) in [5, 5.41) is 18.4. The van der Waals surface area contributed by atoms with E-state index in [2.05, 4.69) is 31.2 Å². The van der Waals surface area contributed by atoms with Gasteiger partial charge in [-0.1, -0.05) is 26.7 Å². The lowest BCUT2D eigenvalue weighted by atomic mass is 9.92. The van der Waals surface area contributed by atoms with Crippen molar-refractivity contribution >= 4 is 0 Å². The highest BCUT2D eigenvalue weighted by atomic mass is 16.3. The Morgan fingerprint density at radius 3 is 2.21 bits per heavy atom. The normalized spacial score (nSPS) is 12.1. The van der Waals surface area contributed by atoms with E-state index in [1.54, 1.807) is 0 Å². The molecule has 0 unspecified atom stereocenters. The Bertz CT molecular complexity index is 392. The summed E-state index contributed by atoms with van der Waals surface area (Å²) in [5.74, 6) is 0. The van der Waals surface area contributed by atoms with Gasteiger partial charge in [0.25, 0.3) is 0 Å². The summed E-state index contributed by atoms with van der Waals surface area (Å²) >= 11 is 0. The third kappa shape index (κ3) is 4.32. The second-order valence-electron chi connectivity index (χ2n) is 5.60. The first-order valence-corrected chi connectivity index (χ1v) is 7.35. The van der Waals surface area contributed by atoms with Gasteiger partial charge in [0.2, 0.25) is 0 Å². The Labute approximate surface area is 117 Å². The van der Waals surface area contributed by atoms with E-state index in [0.29, 0.717) is 6.54 Å². The topological polar surface area (TPSA) is 50.1 Å². The van der Waals surface area contributed by atoms with E-state index in [1.807, 2.05) is 18.7 Å². The lowest BCUT2D eigenvalue weighted by Gasteiger charge is -2.28. The third-order valence-corrected chi connectivity index (χ3v) is 3.85. The minimum atomic E-state index is -0.562. The van der Waals surface area contributed by atoms with Crippen LogP contribution in [0.5, 0.6) is 0 Å². The monoisotopic (exact) mass is 267 g/mol. The Kier molecular flexibility index (Phi) is 6.01. The predicted molar refractivity (Wildman–Crippen MR) is 79.2 cm³/mol. The van der Waals surface area contributed by atoms with Crippen molar-refractivity contribution in [2.75, 3.05) is 6.54 Å². The van der Waals surface area contributed by atoms with Crippen molar-refractivity contribution in [3.05, 3.63) is 17.0 Å². The number of nitrogens with one attached hydrogen (secondary N) is 1. The zero-order valence-electron chi connectivity index (χ0n) is 13.1. The molecule has 0 bridgehead atoms. The molecule has 2 N–H and O–H groups in total. The lowest BCUT2D eigenvalue weighted by molar-refractivity contribution is 0.0214. The largest absolute Gasteiger partial charge is 0.389 e. The van der Waals surface area contributed by atoms with Gasteiger partial charge in [-0.15, -0.1) is 0 Å². The molecule has 0 fully saturated rings. The summed E-state index contributed by atoms with van der Waals surface area (Å²) in [4.78, 5) is 0. The van der Waals surface area contributed by atoms with Crippen molar-refractivity contribution < 1.29 is 5.11 Å². The molecule has 1 heterocycles. The highest BCUT2D eigenvalue weighted by Gasteiger charge is 2.24. The minimum absolute atomic E-state index is 0.562. The molecular weight excluding hydrogens is 238 g/mol. The van der Waals surface area contributed by atoms with Gasteiger partial charge in [0.05, 0.1) is 11.3 Å². The molecule has 0 atom stereocenters. The molecule has 1 rings (SSSR count). The maximum Gasteiger partial charge on any atom is 0.0771 e. The van der Waals surface area contributed by atoms with Crippen LogP contribution in [0.2, 0.25) is 0 Å². The molecule has 4 heteroatoms. The quantitative estimate of drug-likeness (QED) is 0.760. The van der Waals surface area contributed by atoms with Gasteiger partial charge in [-0.05, 0) is 26.7 Å². The van der Waals surface area contributed by atoms with Crippen LogP contribution in [0.4, 0.5) is 0 Å². The zero-order valence-corrected chi connectivity index (χ0v) is 13.1. The average molecular weight is 267 g/mol. The summed E-state index contributed by atoms with van der Waals surface area (Å²) in [5.41, 5.74) is 2.95. The minimum Gasteiger partial charge on any atom is -0.389 e. The number of hydrogen-bond acceptors (Lipinski definition) is 3. The number of aliphatic hydroxyl groups is 1. The van der Waals surface area contributed by atoms with Crippen molar-refractivity contribution in [2.45, 2.75) is 65.5 Å². The van der Waals surface area contributed by atoms with Gasteiger partial charge in [-0.2, -0.15) is 5.10 Å². The van der Waals surface area contributed by atoms with Crippen molar-refractivity contribution in [1.29, 1.82) is 0 Å². The Balaban J connectivity index is 2.56. The molecule has 0 aliphatic heterocycles. The molecule has 0 saturated carbocycles. The maximum atomic E-state index is 10.5. The van der Waals surface area contributed by atoms with Crippen LogP contribution in [0, 0.1) is 13.8 Å². The summed E-state index contributed by atoms with van der Waals surface area (Å²) in [7, 11) is 1.97. The molecule has 0 aromatic carbocycles. The number of hydrogen-bond donors (Lipinski definition) is 2. The lowest BCUT2D eigenvalue weighted by Crippen LogP contribution is -2.40. The third-order valence-electron chi connectivity index (χ3n) is 3.85. The van der Waals surface area contributed by atoms with Crippen LogP contribution in [0.1, 0.15) is 56.5 Å². The first kappa shape index (κ1) is 16.2. The van der Waals surface area contributed by atoms with Crippen LogP contribution in [0.3, 0.4) is 0 Å². The molecule has 0 aliphatic carbocycles. The molecule has 1 aromatic rings. The standard InChI is InChI=1S/C15H29N3O/c1-6-8-15(19,9-7-2)11-16-10-14-12(3)17-18(5)13(14)4/h16,19H,6-11H2,1-5H3. The van der Waals surface area contributed by atoms with E-state index in [1.165, 1.54) is 11.3 Å². The van der Waals surface area contributed by atoms with Crippen LogP contribution in [-0.2, 0) is 13.6 Å². The molecule has 0 aliphatic rings. The van der Waals surface area contributed by atoms with Crippen LogP contribution < -0.4 is 5.32 Å². The highest BCUT2D eigenvalue weighted by molar-refractivity contribution is 5.24. The van der Waals surface area contributed by atoms with Gasteiger partial charge in [-0.25, -0.2) is 0 Å². The van der Waals surface area contributed by atoms with E-state index < -0.39 is 5.60 Å². The van der Waals surface area contributed by atoms with Gasteiger partial charge >= 0.3 is 0 Å². The maximum absolute atomic E-state index is 10.5. The molecular formula is C15H29N3O. The summed E-state index contributed by atoms with van der Waals surface area (Å²) in [6, 6.07) is 0. The number of aryl methyl sites for hydroxylation is 2. The fourth-order valence-electron chi connectivity index (χ4n) is 2.73. The average Bonchev–Trinajstić information content (AvgIpc) is 2.56. The van der Waals surface area contributed by atoms with Gasteiger partial charge in [-0.3, -0.25) is 4.68 Å². The fraction of sp³-hybridized carbons (Fsp3) is 0.800. The molecule has 0 amide bonds. The van der Waals surface area contributed by atoms with Crippen molar-refractivity contribution in [1.82, 2.24) is 15.1 Å². The van der Waals surface area contributed by atoms with Crippen LogP contribution in [0.25, 0.3) is 0 Å². The van der Waals surface area contributed by atoms with Gasteiger partial charge in [0.1, 0.15) is 0 Å². The number of nitrogens with zero attached hydrogens (tertiary/aromatic N) is 2. The molecule has 0 radical (unpaired) electrons.